The molecule has 6 nitrogen and oxygen atoms in total. The Bertz CT molecular complexity index is 1510. The van der Waals surface area contributed by atoms with Crippen LogP contribution >= 0.6 is 0 Å². The van der Waals surface area contributed by atoms with Gasteiger partial charge in [-0.1, -0.05) is 26.8 Å². The molecule has 8 heteroatoms. The van der Waals surface area contributed by atoms with Crippen molar-refractivity contribution in [2.45, 2.75) is 95.7 Å². The monoisotopic (exact) mass is 582 g/mol. The standard InChI is InChI=1S/C33H47FN4O2S/c1-8-27-19-28(16-23(5)38(27)20-21(2)3)37-13-11-24(12-14-37)26-15-22(4)32-30(18-26)36(6)33(35-32)25-9-10-31(29(34)17-25)41(7,39)40/h9-10,15,17-18,21,23-24,27-28H,8,11-14,16,19-20H2,1-7H3. The second kappa shape index (κ2) is 11.8. The van der Waals surface area contributed by atoms with Gasteiger partial charge in [-0.15, -0.1) is 0 Å². The Morgan fingerprint density at radius 1 is 1.10 bits per heavy atom. The molecular formula is C33H47FN4O2S. The first-order chi connectivity index (χ1) is 19.4. The summed E-state index contributed by atoms with van der Waals surface area (Å²) >= 11 is 0. The van der Waals surface area contributed by atoms with E-state index in [1.165, 1.54) is 43.5 Å². The maximum absolute atomic E-state index is 14.7. The predicted molar refractivity (Wildman–Crippen MR) is 166 cm³/mol. The fourth-order valence-corrected chi connectivity index (χ4v) is 8.13. The van der Waals surface area contributed by atoms with Gasteiger partial charge in [-0.05, 0) is 106 Å². The lowest BCUT2D eigenvalue weighted by molar-refractivity contribution is 0.0113. The topological polar surface area (TPSA) is 58.4 Å². The van der Waals surface area contributed by atoms with Crippen molar-refractivity contribution in [1.82, 2.24) is 19.4 Å². The molecule has 1 aromatic heterocycles. The van der Waals surface area contributed by atoms with Gasteiger partial charge in [-0.25, -0.2) is 17.8 Å². The van der Waals surface area contributed by atoms with Crippen molar-refractivity contribution in [3.63, 3.8) is 0 Å². The van der Waals surface area contributed by atoms with Gasteiger partial charge in [0.1, 0.15) is 16.5 Å². The molecule has 0 spiro atoms. The molecule has 5 rings (SSSR count). The number of aryl methyl sites for hydroxylation is 2. The molecular weight excluding hydrogens is 535 g/mol. The van der Waals surface area contributed by atoms with Crippen LogP contribution in [0.5, 0.6) is 0 Å². The molecule has 3 unspecified atom stereocenters. The highest BCUT2D eigenvalue weighted by molar-refractivity contribution is 7.90. The molecule has 224 valence electrons. The molecule has 3 heterocycles. The number of benzene rings is 2. The van der Waals surface area contributed by atoms with Gasteiger partial charge in [0.15, 0.2) is 9.84 Å². The van der Waals surface area contributed by atoms with Gasteiger partial charge >= 0.3 is 0 Å². The summed E-state index contributed by atoms with van der Waals surface area (Å²) in [5.41, 5.74) is 4.98. The van der Waals surface area contributed by atoms with E-state index < -0.39 is 15.7 Å². The van der Waals surface area contributed by atoms with E-state index in [-0.39, 0.29) is 4.90 Å². The molecule has 0 amide bonds. The molecule has 0 bridgehead atoms. The van der Waals surface area contributed by atoms with Gasteiger partial charge in [0.05, 0.1) is 11.0 Å². The number of aromatic nitrogens is 2. The highest BCUT2D eigenvalue weighted by Crippen LogP contribution is 2.37. The molecule has 2 fully saturated rings. The van der Waals surface area contributed by atoms with Crippen LogP contribution in [0.25, 0.3) is 22.4 Å². The quantitative estimate of drug-likeness (QED) is 0.316. The summed E-state index contributed by atoms with van der Waals surface area (Å²) in [6, 6.07) is 10.8. The zero-order chi connectivity index (χ0) is 29.6. The maximum Gasteiger partial charge on any atom is 0.178 e. The SMILES string of the molecule is CCC1CC(N2CCC(c3cc(C)c4nc(-c5ccc(S(C)(=O)=O)c(F)c5)n(C)c4c3)CC2)CC(C)N1CC(C)C. The van der Waals surface area contributed by atoms with Gasteiger partial charge in [-0.3, -0.25) is 4.90 Å². The molecule has 2 aliphatic heterocycles. The Morgan fingerprint density at radius 3 is 2.41 bits per heavy atom. The van der Waals surface area contributed by atoms with Gasteiger partial charge in [0.2, 0.25) is 0 Å². The summed E-state index contributed by atoms with van der Waals surface area (Å²) in [5, 5.41) is 0. The third kappa shape index (κ3) is 6.11. The maximum atomic E-state index is 14.7. The lowest BCUT2D eigenvalue weighted by Crippen LogP contribution is -2.55. The smallest absolute Gasteiger partial charge is 0.178 e. The van der Waals surface area contributed by atoms with Gasteiger partial charge in [-0.2, -0.15) is 0 Å². The van der Waals surface area contributed by atoms with Gasteiger partial charge < -0.3 is 9.47 Å². The Kier molecular flexibility index (Phi) is 8.66. The molecule has 0 radical (unpaired) electrons. The minimum absolute atomic E-state index is 0.286. The van der Waals surface area contributed by atoms with Crippen molar-refractivity contribution in [2.24, 2.45) is 13.0 Å². The third-order valence-electron chi connectivity index (χ3n) is 9.55. The molecule has 0 saturated carbocycles. The third-order valence-corrected chi connectivity index (χ3v) is 10.7. The molecule has 2 aromatic carbocycles. The van der Waals surface area contributed by atoms with E-state index in [0.29, 0.717) is 41.3 Å². The second-order valence-electron chi connectivity index (χ2n) is 13.1. The van der Waals surface area contributed by atoms with Gasteiger partial charge in [0.25, 0.3) is 0 Å². The number of sulfone groups is 1. The van der Waals surface area contributed by atoms with Crippen LogP contribution in [0, 0.1) is 18.7 Å². The van der Waals surface area contributed by atoms with Crippen molar-refractivity contribution >= 4 is 20.9 Å². The summed E-state index contributed by atoms with van der Waals surface area (Å²) < 4.78 is 40.4. The van der Waals surface area contributed by atoms with Gasteiger partial charge in [0, 0.05) is 43.5 Å². The van der Waals surface area contributed by atoms with Crippen LogP contribution in [0.2, 0.25) is 0 Å². The molecule has 3 atom stereocenters. The van der Waals surface area contributed by atoms with Crippen molar-refractivity contribution in [3.8, 4) is 11.4 Å². The van der Waals surface area contributed by atoms with Crippen molar-refractivity contribution in [2.75, 3.05) is 25.9 Å². The molecule has 41 heavy (non-hydrogen) atoms. The van der Waals surface area contributed by atoms with Crippen LogP contribution in [0.1, 0.15) is 76.8 Å². The number of hydrogen-bond acceptors (Lipinski definition) is 5. The van der Waals surface area contributed by atoms with Crippen molar-refractivity contribution < 1.29 is 12.8 Å². The Hall–Kier alpha value is -2.29. The van der Waals surface area contributed by atoms with E-state index in [1.807, 2.05) is 11.6 Å². The summed E-state index contributed by atoms with van der Waals surface area (Å²) in [6.45, 7) is 15.0. The minimum atomic E-state index is -3.63. The Balaban J connectivity index is 1.32. The van der Waals surface area contributed by atoms with Crippen LogP contribution in [0.15, 0.2) is 35.2 Å². The van der Waals surface area contributed by atoms with Crippen LogP contribution in [0.3, 0.4) is 0 Å². The number of imidazole rings is 1. The van der Waals surface area contributed by atoms with E-state index in [1.54, 1.807) is 6.07 Å². The normalized spacial score (nSPS) is 23.6. The average molecular weight is 583 g/mol. The number of nitrogens with zero attached hydrogens (tertiary/aromatic N) is 4. The number of fused-ring (bicyclic) bond motifs is 1. The van der Waals surface area contributed by atoms with E-state index >= 15 is 0 Å². The number of likely N-dealkylation sites (tertiary alicyclic amines) is 2. The van der Waals surface area contributed by atoms with Crippen LogP contribution in [-0.2, 0) is 16.9 Å². The summed E-state index contributed by atoms with van der Waals surface area (Å²) in [7, 11) is -1.67. The highest BCUT2D eigenvalue weighted by atomic mass is 32.2. The fourth-order valence-electron chi connectivity index (χ4n) is 7.40. The van der Waals surface area contributed by atoms with Crippen molar-refractivity contribution in [3.05, 3.63) is 47.3 Å². The molecule has 0 N–H and O–H groups in total. The summed E-state index contributed by atoms with van der Waals surface area (Å²) in [4.78, 5) is 10.1. The van der Waals surface area contributed by atoms with Crippen LogP contribution in [-0.4, -0.2) is 71.8 Å². The largest absolute Gasteiger partial charge is 0.327 e. The first-order valence-corrected chi connectivity index (χ1v) is 17.2. The first-order valence-electron chi connectivity index (χ1n) is 15.3. The number of piperidine rings is 2. The molecule has 2 saturated heterocycles. The van der Waals surface area contributed by atoms with E-state index in [9.17, 15) is 12.8 Å². The summed E-state index contributed by atoms with van der Waals surface area (Å²) in [6.07, 6.45) is 7.12. The fraction of sp³-hybridized carbons (Fsp3) is 0.606. The van der Waals surface area contributed by atoms with Crippen molar-refractivity contribution in [1.29, 1.82) is 0 Å². The highest BCUT2D eigenvalue weighted by Gasteiger charge is 2.36. The van der Waals surface area contributed by atoms with E-state index in [0.717, 1.165) is 48.8 Å². The van der Waals surface area contributed by atoms with E-state index in [4.69, 9.17) is 4.98 Å². The average Bonchev–Trinajstić information content (AvgIpc) is 3.25. The van der Waals surface area contributed by atoms with E-state index in [2.05, 4.69) is 56.6 Å². The number of halogens is 1. The first kappa shape index (κ1) is 30.2. The Morgan fingerprint density at radius 2 is 1.80 bits per heavy atom. The van der Waals surface area contributed by atoms with Crippen LogP contribution in [0.4, 0.5) is 4.39 Å². The molecule has 3 aromatic rings. The Labute approximate surface area is 245 Å². The molecule has 2 aliphatic rings. The lowest BCUT2D eigenvalue weighted by atomic mass is 9.84. The molecule has 0 aliphatic carbocycles. The second-order valence-corrected chi connectivity index (χ2v) is 15.0. The number of hydrogen-bond donors (Lipinski definition) is 0. The minimum Gasteiger partial charge on any atom is -0.327 e. The van der Waals surface area contributed by atoms with Crippen LogP contribution < -0.4 is 0 Å². The lowest BCUT2D eigenvalue weighted by Gasteiger charge is -2.49. The zero-order valence-corrected chi connectivity index (χ0v) is 26.6. The number of rotatable bonds is 7. The predicted octanol–water partition coefficient (Wildman–Crippen LogP) is 6.56. The zero-order valence-electron chi connectivity index (χ0n) is 25.8. The summed E-state index contributed by atoms with van der Waals surface area (Å²) in [5.74, 6) is 1.11.